The summed E-state index contributed by atoms with van der Waals surface area (Å²) in [4.78, 5) is 0. The monoisotopic (exact) mass is 330 g/mol. The smallest absolute Gasteiger partial charge is 0.115 e. The molecule has 0 saturated carbocycles. The van der Waals surface area contributed by atoms with E-state index in [-0.39, 0.29) is 6.10 Å². The van der Waals surface area contributed by atoms with Crippen molar-refractivity contribution in [1.29, 1.82) is 0 Å². The summed E-state index contributed by atoms with van der Waals surface area (Å²) < 4.78 is 6.25. The lowest BCUT2D eigenvalue weighted by Gasteiger charge is -2.39. The molecular weight excluding hydrogens is 308 g/mol. The van der Waals surface area contributed by atoms with Crippen LogP contribution in [0.1, 0.15) is 43.4 Å². The number of rotatable bonds is 3. The minimum absolute atomic E-state index is 0.0286. The quantitative estimate of drug-likeness (QED) is 0.798. The average molecular weight is 331 g/mol. The molecule has 3 heteroatoms. The van der Waals surface area contributed by atoms with Gasteiger partial charge in [-0.1, -0.05) is 55.8 Å². The van der Waals surface area contributed by atoms with Gasteiger partial charge in [-0.3, -0.25) is 0 Å². The van der Waals surface area contributed by atoms with Gasteiger partial charge in [0.25, 0.3) is 0 Å². The first kappa shape index (κ1) is 16.4. The molecule has 0 radical (unpaired) electrons. The molecule has 1 fully saturated rings. The molecule has 1 aliphatic heterocycles. The second-order valence-corrected chi connectivity index (χ2v) is 7.12. The van der Waals surface area contributed by atoms with Gasteiger partial charge < -0.3 is 9.84 Å². The van der Waals surface area contributed by atoms with Gasteiger partial charge in [-0.05, 0) is 47.6 Å². The lowest BCUT2D eigenvalue weighted by atomic mass is 9.76. The molecule has 1 saturated heterocycles. The van der Waals surface area contributed by atoms with Crippen LogP contribution in [0.15, 0.2) is 48.5 Å². The molecule has 0 unspecified atom stereocenters. The summed E-state index contributed by atoms with van der Waals surface area (Å²) in [5.41, 5.74) is 2.23. The maximum atomic E-state index is 9.76. The van der Waals surface area contributed by atoms with E-state index >= 15 is 0 Å². The maximum absolute atomic E-state index is 9.76. The first-order valence-electron chi connectivity index (χ1n) is 8.21. The van der Waals surface area contributed by atoms with Crippen molar-refractivity contribution < 1.29 is 9.84 Å². The molecule has 0 aliphatic carbocycles. The number of ether oxygens (including phenoxy) is 1. The van der Waals surface area contributed by atoms with Crippen molar-refractivity contribution in [2.24, 2.45) is 11.8 Å². The van der Waals surface area contributed by atoms with E-state index in [2.05, 4.69) is 19.9 Å². The summed E-state index contributed by atoms with van der Waals surface area (Å²) >= 11 is 6.37. The number of phenolic OH excluding ortho intramolecular Hbond substituents is 1. The van der Waals surface area contributed by atoms with Crippen LogP contribution in [-0.4, -0.2) is 11.7 Å². The molecule has 0 amide bonds. The Morgan fingerprint density at radius 2 is 1.91 bits per heavy atom. The number of benzene rings is 2. The molecule has 122 valence electrons. The van der Waals surface area contributed by atoms with Crippen molar-refractivity contribution in [2.45, 2.75) is 32.3 Å². The molecule has 2 nitrogen and oxygen atoms in total. The van der Waals surface area contributed by atoms with Crippen molar-refractivity contribution in [3.8, 4) is 5.75 Å². The molecule has 3 rings (SSSR count). The Morgan fingerprint density at radius 3 is 2.61 bits per heavy atom. The van der Waals surface area contributed by atoms with E-state index in [0.29, 0.717) is 30.1 Å². The van der Waals surface area contributed by atoms with Crippen molar-refractivity contribution in [2.75, 3.05) is 6.61 Å². The Bertz CT molecular complexity index is 668. The molecule has 0 aromatic heterocycles. The number of halogens is 1. The molecule has 1 aliphatic rings. The van der Waals surface area contributed by atoms with Crippen molar-refractivity contribution in [1.82, 2.24) is 0 Å². The molecule has 2 aromatic rings. The van der Waals surface area contributed by atoms with Gasteiger partial charge in [0.2, 0.25) is 0 Å². The highest BCUT2D eigenvalue weighted by Gasteiger charge is 2.35. The second kappa shape index (κ2) is 6.94. The highest BCUT2D eigenvalue weighted by atomic mass is 35.5. The molecule has 1 heterocycles. The minimum Gasteiger partial charge on any atom is -0.508 e. The zero-order chi connectivity index (χ0) is 16.4. The first-order valence-corrected chi connectivity index (χ1v) is 8.59. The summed E-state index contributed by atoms with van der Waals surface area (Å²) in [5, 5.41) is 10.6. The maximum Gasteiger partial charge on any atom is 0.115 e. The van der Waals surface area contributed by atoms with Gasteiger partial charge in [0.15, 0.2) is 0 Å². The van der Waals surface area contributed by atoms with Gasteiger partial charge in [0.05, 0.1) is 12.7 Å². The van der Waals surface area contributed by atoms with Crippen LogP contribution >= 0.6 is 11.6 Å². The van der Waals surface area contributed by atoms with Crippen LogP contribution in [0.2, 0.25) is 5.02 Å². The topological polar surface area (TPSA) is 29.5 Å². The summed E-state index contributed by atoms with van der Waals surface area (Å²) in [6, 6.07) is 15.5. The Hall–Kier alpha value is -1.51. The van der Waals surface area contributed by atoms with Crippen LogP contribution in [0.5, 0.6) is 5.75 Å². The third kappa shape index (κ3) is 3.54. The number of hydrogen-bond acceptors (Lipinski definition) is 2. The van der Waals surface area contributed by atoms with E-state index in [4.69, 9.17) is 16.3 Å². The normalized spacial score (nSPS) is 24.8. The zero-order valence-corrected chi connectivity index (χ0v) is 14.3. The van der Waals surface area contributed by atoms with Crippen LogP contribution in [0.3, 0.4) is 0 Å². The Balaban J connectivity index is 1.85. The minimum atomic E-state index is 0.0286. The second-order valence-electron chi connectivity index (χ2n) is 6.71. The molecule has 3 atom stereocenters. The van der Waals surface area contributed by atoms with Crippen LogP contribution in [0, 0.1) is 11.8 Å². The fraction of sp³-hybridized carbons (Fsp3) is 0.400. The van der Waals surface area contributed by atoms with Gasteiger partial charge in [-0.25, -0.2) is 0 Å². The predicted molar refractivity (Wildman–Crippen MR) is 93.9 cm³/mol. The van der Waals surface area contributed by atoms with E-state index in [1.807, 2.05) is 36.4 Å². The third-order valence-corrected chi connectivity index (χ3v) is 5.17. The van der Waals surface area contributed by atoms with Gasteiger partial charge in [0, 0.05) is 10.9 Å². The van der Waals surface area contributed by atoms with Gasteiger partial charge >= 0.3 is 0 Å². The Labute approximate surface area is 143 Å². The summed E-state index contributed by atoms with van der Waals surface area (Å²) in [6.45, 7) is 5.13. The highest BCUT2D eigenvalue weighted by molar-refractivity contribution is 6.31. The lowest BCUT2D eigenvalue weighted by molar-refractivity contribution is -0.0552. The van der Waals surface area contributed by atoms with Crippen LogP contribution in [0.4, 0.5) is 0 Å². The van der Waals surface area contributed by atoms with Gasteiger partial charge in [-0.2, -0.15) is 0 Å². The van der Waals surface area contributed by atoms with E-state index in [9.17, 15) is 5.11 Å². The number of aromatic hydroxyl groups is 1. The van der Waals surface area contributed by atoms with E-state index < -0.39 is 0 Å². The fourth-order valence-electron chi connectivity index (χ4n) is 3.55. The SMILES string of the molecule is CC(C)[C@@H]1C[C@H](c2ccccc2Cl)CO[C@H]1c1cccc(O)c1. The standard InChI is InChI=1S/C20H23ClO2/c1-13(2)18-11-15(17-8-3-4-9-19(17)21)12-23-20(18)14-6-5-7-16(22)10-14/h3-10,13,15,18,20,22H,11-12H2,1-2H3/t15-,18-,20-/m0/s1. The third-order valence-electron chi connectivity index (χ3n) is 4.82. The van der Waals surface area contributed by atoms with Crippen molar-refractivity contribution in [3.63, 3.8) is 0 Å². The van der Waals surface area contributed by atoms with E-state index in [0.717, 1.165) is 17.0 Å². The largest absolute Gasteiger partial charge is 0.508 e. The molecule has 0 spiro atoms. The first-order chi connectivity index (χ1) is 11.1. The Morgan fingerprint density at radius 1 is 1.13 bits per heavy atom. The molecule has 0 bridgehead atoms. The number of phenols is 1. The van der Waals surface area contributed by atoms with E-state index in [1.165, 1.54) is 5.56 Å². The van der Waals surface area contributed by atoms with Crippen LogP contribution in [-0.2, 0) is 4.74 Å². The Kier molecular flexibility index (Phi) is 4.93. The molecule has 2 aromatic carbocycles. The highest BCUT2D eigenvalue weighted by Crippen LogP contribution is 2.44. The average Bonchev–Trinajstić information content (AvgIpc) is 2.55. The molecule has 1 N–H and O–H groups in total. The summed E-state index contributed by atoms with van der Waals surface area (Å²) in [7, 11) is 0. The fourth-order valence-corrected chi connectivity index (χ4v) is 3.84. The predicted octanol–water partition coefficient (Wildman–Crippen LogP) is 5.56. The molecule has 23 heavy (non-hydrogen) atoms. The lowest BCUT2D eigenvalue weighted by Crippen LogP contribution is -2.31. The zero-order valence-electron chi connectivity index (χ0n) is 13.6. The van der Waals surface area contributed by atoms with Crippen molar-refractivity contribution in [3.05, 3.63) is 64.7 Å². The summed E-state index contributed by atoms with van der Waals surface area (Å²) in [6.07, 6.45) is 1.07. The van der Waals surface area contributed by atoms with Crippen LogP contribution in [0.25, 0.3) is 0 Å². The van der Waals surface area contributed by atoms with Gasteiger partial charge in [-0.15, -0.1) is 0 Å². The van der Waals surface area contributed by atoms with Gasteiger partial charge in [0.1, 0.15) is 5.75 Å². The van der Waals surface area contributed by atoms with Crippen molar-refractivity contribution >= 4 is 11.6 Å². The van der Waals surface area contributed by atoms with Crippen LogP contribution < -0.4 is 0 Å². The molecular formula is C20H23ClO2. The van der Waals surface area contributed by atoms with E-state index in [1.54, 1.807) is 6.07 Å². The number of hydrogen-bond donors (Lipinski definition) is 1. The summed E-state index contributed by atoms with van der Waals surface area (Å²) in [5.74, 6) is 1.51.